The number of likely N-dealkylation sites (tertiary alicyclic amines) is 1. The predicted molar refractivity (Wildman–Crippen MR) is 91.6 cm³/mol. The van der Waals surface area contributed by atoms with Crippen molar-refractivity contribution in [1.29, 1.82) is 0 Å². The first-order valence-electron chi connectivity index (χ1n) is 8.19. The van der Waals surface area contributed by atoms with Crippen LogP contribution in [0.5, 0.6) is 5.75 Å². The molecule has 1 atom stereocenters. The van der Waals surface area contributed by atoms with Crippen molar-refractivity contribution in [3.8, 4) is 5.75 Å². The van der Waals surface area contributed by atoms with Gasteiger partial charge in [0.05, 0.1) is 5.92 Å². The van der Waals surface area contributed by atoms with E-state index >= 15 is 0 Å². The quantitative estimate of drug-likeness (QED) is 0.692. The second-order valence-corrected chi connectivity index (χ2v) is 6.27. The first kappa shape index (κ1) is 18.6. The highest BCUT2D eigenvalue weighted by Gasteiger charge is 2.27. The zero-order chi connectivity index (χ0) is 18.4. The molecule has 0 bridgehead atoms. The van der Waals surface area contributed by atoms with Gasteiger partial charge >= 0.3 is 6.03 Å². The average Bonchev–Trinajstić information content (AvgIpc) is 2.57. The van der Waals surface area contributed by atoms with Crippen molar-refractivity contribution in [2.75, 3.05) is 19.7 Å². The SMILES string of the molecule is Cc1cc(C)cc(OCC(=O)NNC(=O)[C@@H]2CCCN(C(N)=O)C2)c1. The largest absolute Gasteiger partial charge is 0.484 e. The molecule has 0 saturated carbocycles. The maximum absolute atomic E-state index is 12.1. The minimum absolute atomic E-state index is 0.207. The highest BCUT2D eigenvalue weighted by atomic mass is 16.5. The molecule has 1 heterocycles. The summed E-state index contributed by atoms with van der Waals surface area (Å²) in [4.78, 5) is 36.5. The van der Waals surface area contributed by atoms with Gasteiger partial charge in [-0.25, -0.2) is 4.79 Å². The summed E-state index contributed by atoms with van der Waals surface area (Å²) >= 11 is 0. The molecule has 8 heteroatoms. The lowest BCUT2D eigenvalue weighted by molar-refractivity contribution is -0.132. The molecule has 2 rings (SSSR count). The lowest BCUT2D eigenvalue weighted by Gasteiger charge is -2.30. The van der Waals surface area contributed by atoms with Crippen LogP contribution in [0.2, 0.25) is 0 Å². The van der Waals surface area contributed by atoms with Crippen molar-refractivity contribution < 1.29 is 19.1 Å². The Morgan fingerprint density at radius 3 is 2.52 bits per heavy atom. The molecule has 1 aromatic carbocycles. The maximum Gasteiger partial charge on any atom is 0.314 e. The first-order valence-corrected chi connectivity index (χ1v) is 8.19. The number of primary amides is 1. The number of nitrogens with one attached hydrogen (secondary N) is 2. The number of piperidine rings is 1. The zero-order valence-electron chi connectivity index (χ0n) is 14.5. The predicted octanol–water partition coefficient (Wildman–Crippen LogP) is 0.620. The number of ether oxygens (including phenoxy) is 1. The number of hydrazine groups is 1. The second kappa shape index (κ2) is 8.36. The van der Waals surface area contributed by atoms with E-state index in [0.717, 1.165) is 11.1 Å². The number of hydrogen-bond donors (Lipinski definition) is 3. The molecular formula is C17H24N4O4. The number of carbonyl (C=O) groups excluding carboxylic acids is 3. The van der Waals surface area contributed by atoms with Gasteiger partial charge in [0, 0.05) is 13.1 Å². The molecular weight excluding hydrogens is 324 g/mol. The lowest BCUT2D eigenvalue weighted by Crippen LogP contribution is -2.51. The summed E-state index contributed by atoms with van der Waals surface area (Å²) in [5, 5.41) is 0. The third-order valence-corrected chi connectivity index (χ3v) is 3.99. The van der Waals surface area contributed by atoms with Crippen LogP contribution < -0.4 is 21.3 Å². The van der Waals surface area contributed by atoms with Crippen molar-refractivity contribution in [3.05, 3.63) is 29.3 Å². The number of nitrogens with zero attached hydrogens (tertiary/aromatic N) is 1. The van der Waals surface area contributed by atoms with Gasteiger partial charge in [-0.05, 0) is 49.9 Å². The highest BCUT2D eigenvalue weighted by Crippen LogP contribution is 2.17. The molecule has 8 nitrogen and oxygen atoms in total. The smallest absolute Gasteiger partial charge is 0.314 e. The van der Waals surface area contributed by atoms with Gasteiger partial charge in [-0.2, -0.15) is 0 Å². The van der Waals surface area contributed by atoms with Crippen LogP contribution >= 0.6 is 0 Å². The standard InChI is InChI=1S/C17H24N4O4/c1-11-6-12(2)8-14(7-11)25-10-15(22)19-20-16(23)13-4-3-5-21(9-13)17(18)24/h6-8,13H,3-5,9-10H2,1-2H3,(H2,18,24)(H,19,22)(H,20,23)/t13-/m1/s1. The Kier molecular flexibility index (Phi) is 6.21. The van der Waals surface area contributed by atoms with E-state index in [1.54, 1.807) is 0 Å². The third-order valence-electron chi connectivity index (χ3n) is 3.99. The monoisotopic (exact) mass is 348 g/mol. The normalized spacial score (nSPS) is 16.9. The molecule has 0 spiro atoms. The first-order chi connectivity index (χ1) is 11.8. The summed E-state index contributed by atoms with van der Waals surface area (Å²) in [6.45, 7) is 4.49. The molecule has 0 unspecified atom stereocenters. The van der Waals surface area contributed by atoms with Crippen molar-refractivity contribution in [2.24, 2.45) is 11.7 Å². The van der Waals surface area contributed by atoms with Gasteiger partial charge in [-0.15, -0.1) is 0 Å². The van der Waals surface area contributed by atoms with Crippen molar-refractivity contribution >= 4 is 17.8 Å². The summed E-state index contributed by atoms with van der Waals surface area (Å²) in [5.41, 5.74) is 12.0. The summed E-state index contributed by atoms with van der Waals surface area (Å²) in [5.74, 6) is -0.592. The fourth-order valence-corrected chi connectivity index (χ4v) is 2.83. The molecule has 1 aliphatic heterocycles. The van der Waals surface area contributed by atoms with Gasteiger partial charge in [-0.1, -0.05) is 6.07 Å². The summed E-state index contributed by atoms with van der Waals surface area (Å²) < 4.78 is 5.42. The Labute approximate surface area is 146 Å². The summed E-state index contributed by atoms with van der Waals surface area (Å²) in [6.07, 6.45) is 1.34. The van der Waals surface area contributed by atoms with Crippen molar-refractivity contribution in [1.82, 2.24) is 15.8 Å². The summed E-state index contributed by atoms with van der Waals surface area (Å²) in [6, 6.07) is 5.13. The average molecular weight is 348 g/mol. The van der Waals surface area contributed by atoms with E-state index in [1.165, 1.54) is 4.90 Å². The van der Waals surface area contributed by atoms with Crippen molar-refractivity contribution in [3.63, 3.8) is 0 Å². The fraction of sp³-hybridized carbons (Fsp3) is 0.471. The number of rotatable bonds is 4. The van der Waals surface area contributed by atoms with E-state index < -0.39 is 11.9 Å². The lowest BCUT2D eigenvalue weighted by atomic mass is 9.98. The minimum Gasteiger partial charge on any atom is -0.484 e. The fourth-order valence-electron chi connectivity index (χ4n) is 2.83. The Hall–Kier alpha value is -2.77. The molecule has 1 fully saturated rings. The second-order valence-electron chi connectivity index (χ2n) is 6.27. The number of nitrogens with two attached hydrogens (primary N) is 1. The van der Waals surface area contributed by atoms with Crippen LogP contribution in [-0.4, -0.2) is 42.4 Å². The van der Waals surface area contributed by atoms with Gasteiger partial charge < -0.3 is 15.4 Å². The molecule has 1 saturated heterocycles. The molecule has 4 N–H and O–H groups in total. The van der Waals surface area contributed by atoms with Gasteiger partial charge in [0.25, 0.3) is 5.91 Å². The van der Waals surface area contributed by atoms with E-state index in [4.69, 9.17) is 10.5 Å². The topological polar surface area (TPSA) is 114 Å². The number of amides is 4. The molecule has 0 aromatic heterocycles. The number of benzene rings is 1. The van der Waals surface area contributed by atoms with Gasteiger partial charge in [0.15, 0.2) is 6.61 Å². The Bertz CT molecular complexity index is 642. The molecule has 1 aromatic rings. The number of carbonyl (C=O) groups is 3. The van der Waals surface area contributed by atoms with Crippen LogP contribution in [0.3, 0.4) is 0 Å². The molecule has 0 aliphatic carbocycles. The van der Waals surface area contributed by atoms with Gasteiger partial charge in [-0.3, -0.25) is 20.4 Å². The van der Waals surface area contributed by atoms with E-state index in [1.807, 2.05) is 32.0 Å². The Morgan fingerprint density at radius 1 is 1.20 bits per heavy atom. The van der Waals surface area contributed by atoms with Crippen LogP contribution in [0.4, 0.5) is 4.79 Å². The van der Waals surface area contributed by atoms with E-state index in [0.29, 0.717) is 25.1 Å². The number of urea groups is 1. The van der Waals surface area contributed by atoms with Crippen LogP contribution in [0.1, 0.15) is 24.0 Å². The Balaban J connectivity index is 1.75. The van der Waals surface area contributed by atoms with Crippen molar-refractivity contribution in [2.45, 2.75) is 26.7 Å². The molecule has 0 radical (unpaired) electrons. The van der Waals surface area contributed by atoms with Crippen LogP contribution in [0, 0.1) is 19.8 Å². The third kappa shape index (κ3) is 5.66. The Morgan fingerprint density at radius 2 is 1.88 bits per heavy atom. The molecule has 136 valence electrons. The molecule has 25 heavy (non-hydrogen) atoms. The molecule has 4 amide bonds. The van der Waals surface area contributed by atoms with E-state index in [2.05, 4.69) is 10.9 Å². The molecule has 1 aliphatic rings. The van der Waals surface area contributed by atoms with Gasteiger partial charge in [0.1, 0.15) is 5.75 Å². The summed E-state index contributed by atoms with van der Waals surface area (Å²) in [7, 11) is 0. The van der Waals surface area contributed by atoms with E-state index in [9.17, 15) is 14.4 Å². The van der Waals surface area contributed by atoms with E-state index in [-0.39, 0.29) is 25.0 Å². The van der Waals surface area contributed by atoms with Crippen LogP contribution in [0.25, 0.3) is 0 Å². The number of aryl methyl sites for hydroxylation is 2. The number of hydrogen-bond acceptors (Lipinski definition) is 4. The van der Waals surface area contributed by atoms with Gasteiger partial charge in [0.2, 0.25) is 5.91 Å². The minimum atomic E-state index is -0.539. The van der Waals surface area contributed by atoms with Crippen LogP contribution in [-0.2, 0) is 9.59 Å². The highest BCUT2D eigenvalue weighted by molar-refractivity contribution is 5.84. The van der Waals surface area contributed by atoms with Crippen LogP contribution in [0.15, 0.2) is 18.2 Å². The maximum atomic E-state index is 12.1. The zero-order valence-corrected chi connectivity index (χ0v) is 14.5.